The van der Waals surface area contributed by atoms with Gasteiger partial charge in [-0.15, -0.1) is 13.2 Å². The van der Waals surface area contributed by atoms with E-state index in [0.717, 1.165) is 12.3 Å². The van der Waals surface area contributed by atoms with Gasteiger partial charge >= 0.3 is 6.36 Å². The summed E-state index contributed by atoms with van der Waals surface area (Å²) >= 11 is 0. The minimum Gasteiger partial charge on any atom is -0.405 e. The van der Waals surface area contributed by atoms with E-state index in [9.17, 15) is 26.4 Å². The number of alkyl halides is 3. The molecule has 5 nitrogen and oxygen atoms in total. The molecule has 1 aromatic carbocycles. The van der Waals surface area contributed by atoms with Gasteiger partial charge in [0.05, 0.1) is 0 Å². The van der Waals surface area contributed by atoms with Gasteiger partial charge in [0.25, 0.3) is 0 Å². The third-order valence-corrected chi connectivity index (χ3v) is 4.16. The fourth-order valence-corrected chi connectivity index (χ4v) is 1.87. The van der Waals surface area contributed by atoms with Gasteiger partial charge in [0.2, 0.25) is 5.91 Å². The van der Waals surface area contributed by atoms with Gasteiger partial charge in [-0.2, -0.15) is 0 Å². The lowest BCUT2D eigenvalue weighted by Gasteiger charge is -2.14. The van der Waals surface area contributed by atoms with Crippen LogP contribution >= 0.6 is 0 Å². The first kappa shape index (κ1) is 17.3. The van der Waals surface area contributed by atoms with E-state index < -0.39 is 33.1 Å². The molecule has 0 aliphatic rings. The number of ether oxygens (including phenoxy) is 1. The van der Waals surface area contributed by atoms with Crippen LogP contribution in [0.2, 0.25) is 0 Å². The van der Waals surface area contributed by atoms with E-state index in [-0.39, 0.29) is 12.1 Å². The zero-order valence-corrected chi connectivity index (χ0v) is 12.1. The van der Waals surface area contributed by atoms with Crippen LogP contribution in [0.1, 0.15) is 12.5 Å². The van der Waals surface area contributed by atoms with Gasteiger partial charge < -0.3 is 10.1 Å². The molecule has 21 heavy (non-hydrogen) atoms. The summed E-state index contributed by atoms with van der Waals surface area (Å²) in [6, 6.07) is 5.28. The smallest absolute Gasteiger partial charge is 0.405 e. The number of carbonyl (C=O) groups is 1. The summed E-state index contributed by atoms with van der Waals surface area (Å²) < 4.78 is 62.9. The molecule has 1 N–H and O–H groups in total. The Balaban J connectivity index is 2.79. The third-order valence-electron chi connectivity index (χ3n) is 2.66. The highest BCUT2D eigenvalue weighted by molar-refractivity contribution is 7.92. The molecule has 1 amide bonds. The quantitative estimate of drug-likeness (QED) is 0.893. The number of benzene rings is 1. The third kappa shape index (κ3) is 5.62. The number of nitrogens with one attached hydrogen (secondary N) is 1. The molecule has 1 rings (SSSR count). The first-order valence-corrected chi connectivity index (χ1v) is 7.76. The number of halogens is 3. The Morgan fingerprint density at radius 2 is 1.90 bits per heavy atom. The second-order valence-corrected chi connectivity index (χ2v) is 6.71. The van der Waals surface area contributed by atoms with Crippen molar-refractivity contribution in [2.75, 3.05) is 6.26 Å². The van der Waals surface area contributed by atoms with Gasteiger partial charge in [-0.3, -0.25) is 4.79 Å². The van der Waals surface area contributed by atoms with Crippen LogP contribution in [0, 0.1) is 0 Å². The summed E-state index contributed by atoms with van der Waals surface area (Å²) in [5.41, 5.74) is 0.0869. The van der Waals surface area contributed by atoms with Crippen molar-refractivity contribution < 1.29 is 31.1 Å². The zero-order valence-electron chi connectivity index (χ0n) is 11.3. The predicted molar refractivity (Wildman–Crippen MR) is 69.3 cm³/mol. The maximum absolute atomic E-state index is 12.2. The van der Waals surface area contributed by atoms with E-state index in [4.69, 9.17) is 0 Å². The lowest BCUT2D eigenvalue weighted by molar-refractivity contribution is -0.274. The molecule has 1 unspecified atom stereocenters. The largest absolute Gasteiger partial charge is 0.573 e. The second kappa shape index (κ2) is 6.33. The van der Waals surface area contributed by atoms with Gasteiger partial charge in [0.15, 0.2) is 9.84 Å². The lowest BCUT2D eigenvalue weighted by atomic mass is 10.2. The summed E-state index contributed by atoms with van der Waals surface area (Å²) in [7, 11) is -3.57. The molecule has 9 heteroatoms. The van der Waals surface area contributed by atoms with Crippen LogP contribution in [0.4, 0.5) is 13.2 Å². The van der Waals surface area contributed by atoms with E-state index in [0.29, 0.717) is 0 Å². The van der Waals surface area contributed by atoms with Crippen LogP contribution in [0.5, 0.6) is 5.75 Å². The molecular formula is C12H14F3NO4S. The highest BCUT2D eigenvalue weighted by Crippen LogP contribution is 2.26. The fourth-order valence-electron chi connectivity index (χ4n) is 1.39. The molecule has 0 aliphatic carbocycles. The van der Waals surface area contributed by atoms with Gasteiger partial charge in [-0.1, -0.05) is 18.2 Å². The maximum atomic E-state index is 12.2. The second-order valence-electron chi connectivity index (χ2n) is 4.35. The molecule has 0 aliphatic heterocycles. The molecule has 0 bridgehead atoms. The van der Waals surface area contributed by atoms with Gasteiger partial charge in [-0.05, 0) is 13.0 Å². The van der Waals surface area contributed by atoms with Crippen LogP contribution < -0.4 is 10.1 Å². The number of rotatable bonds is 5. The van der Waals surface area contributed by atoms with Crippen LogP contribution in [-0.2, 0) is 21.2 Å². The number of hydrogen-bond donors (Lipinski definition) is 1. The van der Waals surface area contributed by atoms with Crippen molar-refractivity contribution in [3.8, 4) is 5.75 Å². The highest BCUT2D eigenvalue weighted by Gasteiger charge is 2.32. The van der Waals surface area contributed by atoms with Crippen molar-refractivity contribution in [1.29, 1.82) is 0 Å². The molecule has 0 saturated carbocycles. The number of para-hydroxylation sites is 1. The van der Waals surface area contributed by atoms with Crippen LogP contribution in [0.3, 0.4) is 0 Å². The number of carbonyl (C=O) groups excluding carboxylic acids is 1. The van der Waals surface area contributed by atoms with Crippen molar-refractivity contribution in [2.45, 2.75) is 25.1 Å². The monoisotopic (exact) mass is 325 g/mol. The molecule has 1 atom stereocenters. The molecule has 0 aromatic heterocycles. The minimum atomic E-state index is -4.85. The van der Waals surface area contributed by atoms with Gasteiger partial charge in [0, 0.05) is 18.4 Å². The SMILES string of the molecule is CC(C(=O)NCc1ccccc1OC(F)(F)F)S(C)(=O)=O. The number of hydrogen-bond acceptors (Lipinski definition) is 4. The van der Waals surface area contributed by atoms with Crippen molar-refractivity contribution in [2.24, 2.45) is 0 Å². The van der Waals surface area contributed by atoms with E-state index in [1.54, 1.807) is 0 Å². The molecular weight excluding hydrogens is 311 g/mol. The topological polar surface area (TPSA) is 72.5 Å². The normalized spacial score (nSPS) is 13.6. The van der Waals surface area contributed by atoms with Gasteiger partial charge in [0.1, 0.15) is 11.0 Å². The molecule has 0 fully saturated rings. The Morgan fingerprint density at radius 3 is 2.43 bits per heavy atom. The average Bonchev–Trinajstić information content (AvgIpc) is 2.33. The lowest BCUT2D eigenvalue weighted by Crippen LogP contribution is -2.37. The summed E-state index contributed by atoms with van der Waals surface area (Å²) in [5, 5.41) is 0.982. The van der Waals surface area contributed by atoms with Crippen LogP contribution in [0.25, 0.3) is 0 Å². The Hall–Kier alpha value is -1.77. The van der Waals surface area contributed by atoms with Crippen molar-refractivity contribution >= 4 is 15.7 Å². The van der Waals surface area contributed by atoms with E-state index in [2.05, 4.69) is 10.1 Å². The first-order chi connectivity index (χ1) is 9.50. The van der Waals surface area contributed by atoms with Crippen molar-refractivity contribution in [3.63, 3.8) is 0 Å². The van der Waals surface area contributed by atoms with Crippen molar-refractivity contribution in [3.05, 3.63) is 29.8 Å². The Bertz CT molecular complexity index is 613. The molecule has 1 aromatic rings. The number of sulfone groups is 1. The van der Waals surface area contributed by atoms with E-state index in [1.807, 2.05) is 0 Å². The summed E-state index contributed by atoms with van der Waals surface area (Å²) in [6.45, 7) is 0.924. The zero-order chi connectivity index (χ0) is 16.3. The summed E-state index contributed by atoms with van der Waals surface area (Å²) in [4.78, 5) is 11.6. The van der Waals surface area contributed by atoms with E-state index in [1.165, 1.54) is 25.1 Å². The predicted octanol–water partition coefficient (Wildman–Crippen LogP) is 1.63. The van der Waals surface area contributed by atoms with Gasteiger partial charge in [-0.25, -0.2) is 8.42 Å². The Labute approximate surface area is 120 Å². The van der Waals surface area contributed by atoms with Crippen molar-refractivity contribution in [1.82, 2.24) is 5.32 Å². The minimum absolute atomic E-state index is 0.0869. The summed E-state index contributed by atoms with van der Waals surface area (Å²) in [6.07, 6.45) is -3.95. The average molecular weight is 325 g/mol. The van der Waals surface area contributed by atoms with Crippen LogP contribution in [0.15, 0.2) is 24.3 Å². The number of amides is 1. The molecule has 0 saturated heterocycles. The fraction of sp³-hybridized carbons (Fsp3) is 0.417. The molecule has 0 spiro atoms. The first-order valence-electron chi connectivity index (χ1n) is 5.81. The van der Waals surface area contributed by atoms with Crippen LogP contribution in [-0.4, -0.2) is 32.2 Å². The standard InChI is InChI=1S/C12H14F3NO4S/c1-8(21(2,18)19)11(17)16-7-9-5-3-4-6-10(9)20-12(13,14)15/h3-6,8H,7H2,1-2H3,(H,16,17). The molecule has 118 valence electrons. The molecule has 0 radical (unpaired) electrons. The highest BCUT2D eigenvalue weighted by atomic mass is 32.2. The maximum Gasteiger partial charge on any atom is 0.573 e. The Kier molecular flexibility index (Phi) is 5.21. The Morgan fingerprint density at radius 1 is 1.33 bits per heavy atom. The molecule has 0 heterocycles. The summed E-state index contributed by atoms with van der Waals surface area (Å²) in [5.74, 6) is -1.24. The van der Waals surface area contributed by atoms with E-state index >= 15 is 0 Å².